The Kier molecular flexibility index (Phi) is 4.98. The molecule has 0 heterocycles. The van der Waals surface area contributed by atoms with Gasteiger partial charge in [0.2, 0.25) is 0 Å². The Morgan fingerprint density at radius 3 is 2.50 bits per heavy atom. The molecule has 0 saturated heterocycles. The Balaban J connectivity index is 2.63. The monoisotopic (exact) mass is 225 g/mol. The number of rotatable bonds is 4. The van der Waals surface area contributed by atoms with Crippen LogP contribution in [0.4, 0.5) is 0 Å². The fourth-order valence-corrected chi connectivity index (χ4v) is 1.97. The van der Waals surface area contributed by atoms with E-state index in [1.807, 2.05) is 18.8 Å². The second kappa shape index (κ2) is 6.04. The van der Waals surface area contributed by atoms with E-state index in [4.69, 9.17) is 12.2 Å². The van der Waals surface area contributed by atoms with E-state index in [1.165, 1.54) is 17.1 Å². The zero-order chi connectivity index (χ0) is 10.4. The van der Waals surface area contributed by atoms with Gasteiger partial charge in [-0.2, -0.15) is 0 Å². The maximum absolute atomic E-state index is 5.13. The van der Waals surface area contributed by atoms with Gasteiger partial charge in [0.15, 0.2) is 0 Å². The van der Waals surface area contributed by atoms with Crippen molar-refractivity contribution in [2.75, 3.05) is 12.8 Å². The van der Waals surface area contributed by atoms with Crippen LogP contribution in [0.3, 0.4) is 0 Å². The number of hydrogen-bond acceptors (Lipinski definition) is 2. The van der Waals surface area contributed by atoms with Gasteiger partial charge >= 0.3 is 0 Å². The van der Waals surface area contributed by atoms with Crippen molar-refractivity contribution < 1.29 is 0 Å². The molecule has 0 aliphatic carbocycles. The SMILES string of the molecule is CCCSc1ccc(C(=S)NC)cc1. The van der Waals surface area contributed by atoms with Crippen LogP contribution in [0.25, 0.3) is 0 Å². The Hall–Kier alpha value is -0.540. The second-order valence-corrected chi connectivity index (χ2v) is 4.53. The lowest BCUT2D eigenvalue weighted by Crippen LogP contribution is -2.16. The molecule has 0 radical (unpaired) electrons. The molecular formula is C11H15NS2. The van der Waals surface area contributed by atoms with E-state index in [0.29, 0.717) is 0 Å². The van der Waals surface area contributed by atoms with Crippen LogP contribution in [0.1, 0.15) is 18.9 Å². The van der Waals surface area contributed by atoms with E-state index >= 15 is 0 Å². The third kappa shape index (κ3) is 3.31. The van der Waals surface area contributed by atoms with Crippen molar-refractivity contribution in [3.63, 3.8) is 0 Å². The molecule has 3 heteroatoms. The van der Waals surface area contributed by atoms with Crippen LogP contribution < -0.4 is 5.32 Å². The number of hydrogen-bond donors (Lipinski definition) is 1. The van der Waals surface area contributed by atoms with Crippen LogP contribution >= 0.6 is 24.0 Å². The predicted molar refractivity (Wildman–Crippen MR) is 68.2 cm³/mol. The third-order valence-electron chi connectivity index (χ3n) is 1.82. The second-order valence-electron chi connectivity index (χ2n) is 2.95. The van der Waals surface area contributed by atoms with Gasteiger partial charge in [-0.1, -0.05) is 31.3 Å². The first kappa shape index (κ1) is 11.5. The Morgan fingerprint density at radius 2 is 2.00 bits per heavy atom. The average Bonchev–Trinajstić information content (AvgIpc) is 2.26. The molecule has 0 atom stereocenters. The lowest BCUT2D eigenvalue weighted by atomic mass is 10.2. The molecule has 0 bridgehead atoms. The fraction of sp³-hybridized carbons (Fsp3) is 0.364. The maximum Gasteiger partial charge on any atom is 0.106 e. The van der Waals surface area contributed by atoms with Crippen molar-refractivity contribution in [1.82, 2.24) is 5.32 Å². The topological polar surface area (TPSA) is 12.0 Å². The summed E-state index contributed by atoms with van der Waals surface area (Å²) >= 11 is 7.02. The summed E-state index contributed by atoms with van der Waals surface area (Å²) in [4.78, 5) is 2.12. The van der Waals surface area contributed by atoms with Crippen LogP contribution in [0.2, 0.25) is 0 Å². The zero-order valence-electron chi connectivity index (χ0n) is 8.54. The van der Waals surface area contributed by atoms with Crippen LogP contribution in [0, 0.1) is 0 Å². The Morgan fingerprint density at radius 1 is 1.36 bits per heavy atom. The molecule has 0 amide bonds. The molecule has 1 nitrogen and oxygen atoms in total. The van der Waals surface area contributed by atoms with E-state index in [-0.39, 0.29) is 0 Å². The summed E-state index contributed by atoms with van der Waals surface area (Å²) in [6.07, 6.45) is 1.21. The van der Waals surface area contributed by atoms with Gasteiger partial charge in [0.05, 0.1) is 0 Å². The molecule has 0 saturated carbocycles. The van der Waals surface area contributed by atoms with Crippen molar-refractivity contribution in [2.24, 2.45) is 0 Å². The number of thiocarbonyl (C=S) groups is 1. The van der Waals surface area contributed by atoms with Gasteiger partial charge in [-0.25, -0.2) is 0 Å². The van der Waals surface area contributed by atoms with Gasteiger partial charge in [0.25, 0.3) is 0 Å². The summed E-state index contributed by atoms with van der Waals surface area (Å²) in [7, 11) is 1.85. The molecular weight excluding hydrogens is 210 g/mol. The summed E-state index contributed by atoms with van der Waals surface area (Å²) in [5.41, 5.74) is 1.09. The quantitative estimate of drug-likeness (QED) is 0.625. The van der Waals surface area contributed by atoms with Gasteiger partial charge < -0.3 is 5.32 Å². The van der Waals surface area contributed by atoms with Crippen molar-refractivity contribution >= 4 is 29.0 Å². The van der Waals surface area contributed by atoms with Crippen molar-refractivity contribution in [1.29, 1.82) is 0 Å². The lowest BCUT2D eigenvalue weighted by molar-refractivity contribution is 1.10. The molecule has 1 aromatic carbocycles. The normalized spacial score (nSPS) is 9.86. The number of nitrogens with one attached hydrogen (secondary N) is 1. The van der Waals surface area contributed by atoms with E-state index < -0.39 is 0 Å². The molecule has 76 valence electrons. The van der Waals surface area contributed by atoms with Crippen LogP contribution in [-0.4, -0.2) is 17.8 Å². The Bertz CT molecular complexity index is 293. The molecule has 1 aromatic rings. The van der Waals surface area contributed by atoms with Crippen molar-refractivity contribution in [2.45, 2.75) is 18.2 Å². The first-order valence-electron chi connectivity index (χ1n) is 4.73. The average molecular weight is 225 g/mol. The van der Waals surface area contributed by atoms with Crippen LogP contribution in [0.5, 0.6) is 0 Å². The molecule has 0 spiro atoms. The molecule has 0 fully saturated rings. The number of thioether (sulfide) groups is 1. The lowest BCUT2D eigenvalue weighted by Gasteiger charge is -2.04. The van der Waals surface area contributed by atoms with Gasteiger partial charge in [0, 0.05) is 17.5 Å². The van der Waals surface area contributed by atoms with Gasteiger partial charge in [-0.3, -0.25) is 0 Å². The first-order valence-corrected chi connectivity index (χ1v) is 6.12. The summed E-state index contributed by atoms with van der Waals surface area (Å²) < 4.78 is 0. The minimum absolute atomic E-state index is 0.803. The summed E-state index contributed by atoms with van der Waals surface area (Å²) in [6.45, 7) is 2.19. The first-order chi connectivity index (χ1) is 6.77. The maximum atomic E-state index is 5.13. The van der Waals surface area contributed by atoms with Crippen LogP contribution in [0.15, 0.2) is 29.2 Å². The van der Waals surface area contributed by atoms with Crippen LogP contribution in [-0.2, 0) is 0 Å². The van der Waals surface area contributed by atoms with Gasteiger partial charge in [-0.15, -0.1) is 11.8 Å². The minimum atomic E-state index is 0.803. The molecule has 1 N–H and O–H groups in total. The van der Waals surface area contributed by atoms with E-state index in [1.54, 1.807) is 0 Å². The highest BCUT2D eigenvalue weighted by Gasteiger charge is 1.98. The highest BCUT2D eigenvalue weighted by Crippen LogP contribution is 2.19. The molecule has 0 aliphatic rings. The molecule has 0 unspecified atom stereocenters. The molecule has 1 rings (SSSR count). The summed E-state index contributed by atoms with van der Waals surface area (Å²) in [5, 5.41) is 2.97. The standard InChI is InChI=1S/C11H15NS2/c1-3-8-14-10-6-4-9(5-7-10)11(13)12-2/h4-7H,3,8H2,1-2H3,(H,12,13). The van der Waals surface area contributed by atoms with Gasteiger partial charge in [0.1, 0.15) is 4.99 Å². The predicted octanol–water partition coefficient (Wildman–Crippen LogP) is 3.08. The van der Waals surface area contributed by atoms with Gasteiger partial charge in [-0.05, 0) is 24.3 Å². The fourth-order valence-electron chi connectivity index (χ4n) is 1.07. The highest BCUT2D eigenvalue weighted by atomic mass is 32.2. The Labute approximate surface area is 95.3 Å². The third-order valence-corrected chi connectivity index (χ3v) is 3.47. The summed E-state index contributed by atoms with van der Waals surface area (Å²) in [6, 6.07) is 8.38. The van der Waals surface area contributed by atoms with E-state index in [0.717, 1.165) is 10.6 Å². The molecule has 14 heavy (non-hydrogen) atoms. The van der Waals surface area contributed by atoms with E-state index in [9.17, 15) is 0 Å². The number of benzene rings is 1. The molecule has 0 aromatic heterocycles. The van der Waals surface area contributed by atoms with Crippen molar-refractivity contribution in [3.8, 4) is 0 Å². The minimum Gasteiger partial charge on any atom is -0.379 e. The zero-order valence-corrected chi connectivity index (χ0v) is 10.2. The summed E-state index contributed by atoms with van der Waals surface area (Å²) in [5.74, 6) is 1.18. The van der Waals surface area contributed by atoms with E-state index in [2.05, 4.69) is 36.5 Å². The largest absolute Gasteiger partial charge is 0.379 e. The smallest absolute Gasteiger partial charge is 0.106 e. The molecule has 0 aliphatic heterocycles. The highest BCUT2D eigenvalue weighted by molar-refractivity contribution is 7.99. The van der Waals surface area contributed by atoms with Crippen molar-refractivity contribution in [3.05, 3.63) is 29.8 Å².